The van der Waals surface area contributed by atoms with E-state index in [9.17, 15) is 13.2 Å². The molecule has 10 heavy (non-hydrogen) atoms. The minimum Gasteiger partial charge on any atom is -0.206 e. The molecule has 0 rings (SSSR count). The third-order valence-corrected chi connectivity index (χ3v) is 2.26. The molecule has 0 saturated heterocycles. The zero-order valence-electron chi connectivity index (χ0n) is 6.34. The molecule has 0 bridgehead atoms. The predicted molar refractivity (Wildman–Crippen MR) is 38.5 cm³/mol. The highest BCUT2D eigenvalue weighted by molar-refractivity contribution is 6.76. The van der Waals surface area contributed by atoms with Crippen LogP contribution in [0.1, 0.15) is 0 Å². The Hall–Kier alpha value is -0.253. The van der Waals surface area contributed by atoms with Crippen molar-refractivity contribution in [3.8, 4) is 0 Å². The number of halogens is 3. The summed E-state index contributed by atoms with van der Waals surface area (Å²) in [5.74, 6) is -1.24. The van der Waals surface area contributed by atoms with E-state index in [0.29, 0.717) is 0 Å². The normalized spacial score (nSPS) is 11.4. The smallest absolute Gasteiger partial charge is 0.206 e. The van der Waals surface area contributed by atoms with Gasteiger partial charge < -0.3 is 0 Å². The van der Waals surface area contributed by atoms with Crippen molar-refractivity contribution < 1.29 is 13.2 Å². The Morgan fingerprint density at radius 1 is 1.10 bits per heavy atom. The van der Waals surface area contributed by atoms with Gasteiger partial charge in [0.15, 0.2) is 5.83 Å². The fourth-order valence-electron chi connectivity index (χ4n) is 0.532. The van der Waals surface area contributed by atoms with Gasteiger partial charge in [0.25, 0.3) is 0 Å². The van der Waals surface area contributed by atoms with Crippen LogP contribution in [0.3, 0.4) is 0 Å². The van der Waals surface area contributed by atoms with Crippen LogP contribution in [0.2, 0.25) is 25.7 Å². The summed E-state index contributed by atoms with van der Waals surface area (Å²) in [4.78, 5) is 0. The Labute approximate surface area is 59.8 Å². The van der Waals surface area contributed by atoms with Crippen molar-refractivity contribution in [2.75, 3.05) is 0 Å². The summed E-state index contributed by atoms with van der Waals surface area (Å²) in [6.07, 6.45) is -2.16. The molecule has 0 aromatic carbocycles. The average molecular weight is 168 g/mol. The van der Waals surface area contributed by atoms with Gasteiger partial charge in [-0.3, -0.25) is 0 Å². The van der Waals surface area contributed by atoms with Crippen molar-refractivity contribution in [1.82, 2.24) is 0 Å². The minimum absolute atomic E-state index is 0.0602. The Balaban J connectivity index is 4.06. The molecule has 0 N–H and O–H groups in total. The van der Waals surface area contributed by atoms with Gasteiger partial charge in [0.2, 0.25) is 0 Å². The van der Waals surface area contributed by atoms with E-state index < -0.39 is 20.0 Å². The molecule has 0 nitrogen and oxygen atoms in total. The van der Waals surface area contributed by atoms with Crippen LogP contribution in [0, 0.1) is 0 Å². The van der Waals surface area contributed by atoms with E-state index >= 15 is 0 Å². The average Bonchev–Trinajstić information content (AvgIpc) is 1.60. The first kappa shape index (κ1) is 9.75. The van der Waals surface area contributed by atoms with E-state index in [1.807, 2.05) is 19.6 Å². The monoisotopic (exact) mass is 168 g/mol. The highest BCUT2D eigenvalue weighted by atomic mass is 28.3. The second-order valence-electron chi connectivity index (χ2n) is 3.40. The maximum Gasteiger partial charge on any atom is 0.301 e. The molecule has 0 aliphatic rings. The van der Waals surface area contributed by atoms with Crippen LogP contribution in [0.4, 0.5) is 13.2 Å². The molecule has 0 aliphatic carbocycles. The van der Waals surface area contributed by atoms with Gasteiger partial charge in [-0.2, -0.15) is 8.78 Å². The predicted octanol–water partition coefficient (Wildman–Crippen LogP) is 3.40. The topological polar surface area (TPSA) is 0 Å². The quantitative estimate of drug-likeness (QED) is 0.554. The van der Waals surface area contributed by atoms with Crippen molar-refractivity contribution in [3.63, 3.8) is 0 Å². The van der Waals surface area contributed by atoms with Crippen molar-refractivity contribution in [3.05, 3.63) is 11.9 Å². The van der Waals surface area contributed by atoms with Crippen molar-refractivity contribution in [1.29, 1.82) is 0 Å². The highest BCUT2D eigenvalue weighted by Gasteiger charge is 2.18. The van der Waals surface area contributed by atoms with Crippen LogP contribution in [-0.4, -0.2) is 8.07 Å². The fourth-order valence-corrected chi connectivity index (χ4v) is 1.60. The van der Waals surface area contributed by atoms with Gasteiger partial charge in [-0.15, -0.1) is 0 Å². The lowest BCUT2D eigenvalue weighted by Gasteiger charge is -2.12. The fraction of sp³-hybridized carbons (Fsp3) is 0.667. The second kappa shape index (κ2) is 3.23. The van der Waals surface area contributed by atoms with E-state index in [1.54, 1.807) is 0 Å². The number of rotatable bonds is 2. The van der Waals surface area contributed by atoms with Gasteiger partial charge in [-0.25, -0.2) is 4.39 Å². The first-order chi connectivity index (χ1) is 4.33. The first-order valence-electron chi connectivity index (χ1n) is 3.02. The molecule has 0 saturated carbocycles. The standard InChI is InChI=1S/C6H11F3Si/c1-10(2,3)4-5(7)6(8)9/h4H2,1-3H3. The van der Waals surface area contributed by atoms with E-state index in [4.69, 9.17) is 0 Å². The van der Waals surface area contributed by atoms with E-state index in [1.165, 1.54) is 0 Å². The van der Waals surface area contributed by atoms with Gasteiger partial charge in [-0.05, 0) is 6.04 Å². The number of allylic oxidation sites excluding steroid dienone is 1. The van der Waals surface area contributed by atoms with Crippen LogP contribution in [0.25, 0.3) is 0 Å². The maximum absolute atomic E-state index is 12.2. The molecular weight excluding hydrogens is 157 g/mol. The van der Waals surface area contributed by atoms with Gasteiger partial charge in [0.1, 0.15) is 0 Å². The lowest BCUT2D eigenvalue weighted by Crippen LogP contribution is -2.19. The van der Waals surface area contributed by atoms with Crippen molar-refractivity contribution in [2.45, 2.75) is 25.7 Å². The van der Waals surface area contributed by atoms with Gasteiger partial charge >= 0.3 is 6.08 Å². The van der Waals surface area contributed by atoms with Crippen LogP contribution in [0.5, 0.6) is 0 Å². The molecule has 0 amide bonds. The zero-order valence-corrected chi connectivity index (χ0v) is 7.34. The first-order valence-corrected chi connectivity index (χ1v) is 6.73. The van der Waals surface area contributed by atoms with Crippen LogP contribution in [-0.2, 0) is 0 Å². The Morgan fingerprint density at radius 2 is 1.50 bits per heavy atom. The summed E-state index contributed by atoms with van der Waals surface area (Å²) in [6, 6.07) is -0.0602. The van der Waals surface area contributed by atoms with Gasteiger partial charge in [0, 0.05) is 0 Å². The summed E-state index contributed by atoms with van der Waals surface area (Å²) in [5.41, 5.74) is 0. The van der Waals surface area contributed by atoms with E-state index in [0.717, 1.165) is 0 Å². The molecule has 0 aromatic rings. The summed E-state index contributed by atoms with van der Waals surface area (Å²) >= 11 is 0. The molecule has 0 spiro atoms. The Kier molecular flexibility index (Phi) is 3.15. The van der Waals surface area contributed by atoms with Gasteiger partial charge in [0.05, 0.1) is 8.07 Å². The molecule has 0 aromatic heterocycles. The molecule has 0 aliphatic heterocycles. The lowest BCUT2D eigenvalue weighted by atomic mass is 10.7. The number of hydrogen-bond donors (Lipinski definition) is 0. The Bertz CT molecular complexity index is 142. The minimum atomic E-state index is -2.16. The maximum atomic E-state index is 12.2. The summed E-state index contributed by atoms with van der Waals surface area (Å²) in [6.45, 7) is 5.53. The summed E-state index contributed by atoms with van der Waals surface area (Å²) in [7, 11) is -1.70. The second-order valence-corrected chi connectivity index (χ2v) is 8.88. The van der Waals surface area contributed by atoms with Crippen molar-refractivity contribution >= 4 is 8.07 Å². The Morgan fingerprint density at radius 3 is 1.60 bits per heavy atom. The van der Waals surface area contributed by atoms with Gasteiger partial charge in [-0.1, -0.05) is 19.6 Å². The summed E-state index contributed by atoms with van der Waals surface area (Å²) < 4.78 is 35.2. The molecular formula is C6H11F3Si. The third kappa shape index (κ3) is 4.61. The molecule has 4 heteroatoms. The van der Waals surface area contributed by atoms with Crippen molar-refractivity contribution in [2.24, 2.45) is 0 Å². The highest BCUT2D eigenvalue weighted by Crippen LogP contribution is 2.21. The SMILES string of the molecule is C[Si](C)(C)CC(F)=C(F)F. The largest absolute Gasteiger partial charge is 0.301 e. The molecule has 0 radical (unpaired) electrons. The zero-order chi connectivity index (χ0) is 8.36. The molecule has 0 heterocycles. The lowest BCUT2D eigenvalue weighted by molar-refractivity contribution is 0.380. The molecule has 0 fully saturated rings. The van der Waals surface area contributed by atoms with Crippen LogP contribution < -0.4 is 0 Å². The van der Waals surface area contributed by atoms with E-state index in [2.05, 4.69) is 0 Å². The molecule has 0 unspecified atom stereocenters. The van der Waals surface area contributed by atoms with Crippen LogP contribution in [0.15, 0.2) is 11.9 Å². The third-order valence-electron chi connectivity index (χ3n) is 0.891. The number of hydrogen-bond acceptors (Lipinski definition) is 0. The van der Waals surface area contributed by atoms with Crippen LogP contribution >= 0.6 is 0 Å². The molecule has 0 atom stereocenters. The summed E-state index contributed by atoms with van der Waals surface area (Å²) in [5, 5.41) is 0. The van der Waals surface area contributed by atoms with E-state index in [-0.39, 0.29) is 6.04 Å². The molecule has 60 valence electrons.